The summed E-state index contributed by atoms with van der Waals surface area (Å²) in [4.78, 5) is 2.26. The van der Waals surface area contributed by atoms with Crippen molar-refractivity contribution in [2.75, 3.05) is 6.61 Å². The van der Waals surface area contributed by atoms with E-state index in [1.165, 1.54) is 15.0 Å². The maximum absolute atomic E-state index is 5.57. The highest BCUT2D eigenvalue weighted by Crippen LogP contribution is 2.35. The van der Waals surface area contributed by atoms with Crippen molar-refractivity contribution in [1.82, 2.24) is 0 Å². The van der Waals surface area contributed by atoms with E-state index in [1.807, 2.05) is 13.0 Å². The summed E-state index contributed by atoms with van der Waals surface area (Å²) < 4.78 is 6.80. The van der Waals surface area contributed by atoms with Crippen molar-refractivity contribution in [1.29, 1.82) is 0 Å². The molecule has 2 rings (SSSR count). The average Bonchev–Trinajstić information content (AvgIpc) is 2.45. The van der Waals surface area contributed by atoms with Gasteiger partial charge in [-0.15, -0.1) is 24.0 Å². The van der Waals surface area contributed by atoms with E-state index >= 15 is 0 Å². The van der Waals surface area contributed by atoms with Gasteiger partial charge in [0.2, 0.25) is 0 Å². The van der Waals surface area contributed by atoms with E-state index in [9.17, 15) is 0 Å². The standard InChI is InChI=1S/C11H12OS2/c1-3-12-10-6-9(13)5-8-4-7(2)14-11(8)10/h4-6,13H,3H2,1-2H3. The Kier molecular flexibility index (Phi) is 2.70. The van der Waals surface area contributed by atoms with Gasteiger partial charge in [-0.05, 0) is 37.4 Å². The van der Waals surface area contributed by atoms with Gasteiger partial charge in [-0.1, -0.05) is 0 Å². The third kappa shape index (κ3) is 1.74. The predicted octanol–water partition coefficient (Wildman–Crippen LogP) is 3.90. The molecule has 0 aliphatic carbocycles. The number of aryl methyl sites for hydroxylation is 1. The molecule has 74 valence electrons. The molecule has 0 saturated heterocycles. The summed E-state index contributed by atoms with van der Waals surface area (Å²) in [6, 6.07) is 6.22. The molecule has 1 nitrogen and oxygen atoms in total. The van der Waals surface area contributed by atoms with Crippen LogP contribution in [0.25, 0.3) is 10.1 Å². The van der Waals surface area contributed by atoms with E-state index in [1.54, 1.807) is 11.3 Å². The maximum atomic E-state index is 5.57. The molecule has 1 aromatic heterocycles. The number of hydrogen-bond donors (Lipinski definition) is 1. The van der Waals surface area contributed by atoms with E-state index in [2.05, 4.69) is 31.7 Å². The molecule has 0 N–H and O–H groups in total. The van der Waals surface area contributed by atoms with Crippen LogP contribution in [0.15, 0.2) is 23.1 Å². The average molecular weight is 224 g/mol. The molecular formula is C11H12OS2. The molecule has 0 unspecified atom stereocenters. The Hall–Kier alpha value is -0.670. The Bertz CT molecular complexity index is 460. The number of benzene rings is 1. The van der Waals surface area contributed by atoms with Crippen molar-refractivity contribution in [2.24, 2.45) is 0 Å². The predicted molar refractivity (Wildman–Crippen MR) is 65.0 cm³/mol. The molecule has 0 saturated carbocycles. The van der Waals surface area contributed by atoms with Crippen LogP contribution in [0.1, 0.15) is 11.8 Å². The summed E-state index contributed by atoms with van der Waals surface area (Å²) in [5.41, 5.74) is 0. The van der Waals surface area contributed by atoms with Crippen LogP contribution in [0, 0.1) is 6.92 Å². The monoisotopic (exact) mass is 224 g/mol. The lowest BCUT2D eigenvalue weighted by Crippen LogP contribution is -1.91. The minimum atomic E-state index is 0.698. The normalized spacial score (nSPS) is 10.8. The van der Waals surface area contributed by atoms with Crippen LogP contribution >= 0.6 is 24.0 Å². The Balaban J connectivity index is 2.66. The number of thiophene rings is 1. The van der Waals surface area contributed by atoms with Crippen molar-refractivity contribution in [3.05, 3.63) is 23.1 Å². The van der Waals surface area contributed by atoms with E-state index < -0.39 is 0 Å². The zero-order valence-electron chi connectivity index (χ0n) is 8.20. The number of rotatable bonds is 2. The highest BCUT2D eigenvalue weighted by atomic mass is 32.1. The first-order chi connectivity index (χ1) is 6.70. The summed E-state index contributed by atoms with van der Waals surface area (Å²) in [7, 11) is 0. The summed E-state index contributed by atoms with van der Waals surface area (Å²) in [6.45, 7) is 4.80. The second-order valence-corrected chi connectivity index (χ2v) is 4.93. The topological polar surface area (TPSA) is 9.23 Å². The molecule has 0 fully saturated rings. The van der Waals surface area contributed by atoms with Gasteiger partial charge in [0.25, 0.3) is 0 Å². The highest BCUT2D eigenvalue weighted by molar-refractivity contribution is 7.80. The molecule has 0 bridgehead atoms. The molecule has 2 aromatic rings. The van der Waals surface area contributed by atoms with Crippen LogP contribution in [-0.4, -0.2) is 6.61 Å². The van der Waals surface area contributed by atoms with Crippen LogP contribution in [0.4, 0.5) is 0 Å². The quantitative estimate of drug-likeness (QED) is 0.761. The molecule has 1 heterocycles. The van der Waals surface area contributed by atoms with Crippen molar-refractivity contribution >= 4 is 34.1 Å². The van der Waals surface area contributed by atoms with Gasteiger partial charge >= 0.3 is 0 Å². The first kappa shape index (κ1) is 9.87. The molecule has 14 heavy (non-hydrogen) atoms. The number of fused-ring (bicyclic) bond motifs is 1. The zero-order chi connectivity index (χ0) is 10.1. The molecular weight excluding hydrogens is 212 g/mol. The van der Waals surface area contributed by atoms with Crippen LogP contribution in [0.5, 0.6) is 5.75 Å². The minimum absolute atomic E-state index is 0.698. The van der Waals surface area contributed by atoms with Crippen LogP contribution in [0.2, 0.25) is 0 Å². The Morgan fingerprint density at radius 1 is 1.36 bits per heavy atom. The molecule has 0 aliphatic heterocycles. The summed E-state index contributed by atoms with van der Waals surface area (Å²) >= 11 is 6.13. The number of thiol groups is 1. The van der Waals surface area contributed by atoms with E-state index in [-0.39, 0.29) is 0 Å². The second kappa shape index (κ2) is 3.83. The largest absolute Gasteiger partial charge is 0.492 e. The highest BCUT2D eigenvalue weighted by Gasteiger charge is 2.06. The van der Waals surface area contributed by atoms with Gasteiger partial charge < -0.3 is 4.74 Å². The Morgan fingerprint density at radius 3 is 2.86 bits per heavy atom. The maximum Gasteiger partial charge on any atom is 0.138 e. The van der Waals surface area contributed by atoms with E-state index in [4.69, 9.17) is 4.74 Å². The van der Waals surface area contributed by atoms with Crippen LogP contribution < -0.4 is 4.74 Å². The zero-order valence-corrected chi connectivity index (χ0v) is 9.91. The van der Waals surface area contributed by atoms with Gasteiger partial charge in [0.05, 0.1) is 11.3 Å². The van der Waals surface area contributed by atoms with E-state index in [0.29, 0.717) is 6.61 Å². The fourth-order valence-corrected chi connectivity index (χ4v) is 2.72. The third-order valence-corrected chi connectivity index (χ3v) is 3.33. The van der Waals surface area contributed by atoms with Crippen molar-refractivity contribution in [3.8, 4) is 5.75 Å². The Morgan fingerprint density at radius 2 is 2.14 bits per heavy atom. The summed E-state index contributed by atoms with van der Waals surface area (Å²) in [5, 5.41) is 1.23. The van der Waals surface area contributed by atoms with Crippen LogP contribution in [-0.2, 0) is 0 Å². The lowest BCUT2D eigenvalue weighted by atomic mass is 10.2. The molecule has 0 amide bonds. The first-order valence-electron chi connectivity index (χ1n) is 4.56. The molecule has 0 spiro atoms. The molecule has 0 radical (unpaired) electrons. The van der Waals surface area contributed by atoms with Crippen molar-refractivity contribution in [2.45, 2.75) is 18.7 Å². The van der Waals surface area contributed by atoms with Crippen molar-refractivity contribution in [3.63, 3.8) is 0 Å². The minimum Gasteiger partial charge on any atom is -0.492 e. The summed E-state index contributed by atoms with van der Waals surface area (Å²) in [5.74, 6) is 0.952. The number of ether oxygens (including phenoxy) is 1. The van der Waals surface area contributed by atoms with Crippen LogP contribution in [0.3, 0.4) is 0 Å². The fourth-order valence-electron chi connectivity index (χ4n) is 1.50. The van der Waals surface area contributed by atoms with Gasteiger partial charge in [-0.3, -0.25) is 0 Å². The SMILES string of the molecule is CCOc1cc(S)cc2cc(C)sc12. The third-order valence-electron chi connectivity index (χ3n) is 1.99. The van der Waals surface area contributed by atoms with Crippen molar-refractivity contribution < 1.29 is 4.74 Å². The lowest BCUT2D eigenvalue weighted by molar-refractivity contribution is 0.344. The first-order valence-corrected chi connectivity index (χ1v) is 5.83. The molecule has 3 heteroatoms. The van der Waals surface area contributed by atoms with Gasteiger partial charge in [-0.2, -0.15) is 0 Å². The summed E-state index contributed by atoms with van der Waals surface area (Å²) in [6.07, 6.45) is 0. The van der Waals surface area contributed by atoms with Gasteiger partial charge in [0.15, 0.2) is 0 Å². The molecule has 0 atom stereocenters. The van der Waals surface area contributed by atoms with Gasteiger partial charge in [0.1, 0.15) is 5.75 Å². The van der Waals surface area contributed by atoms with Gasteiger partial charge in [0, 0.05) is 9.77 Å². The fraction of sp³-hybridized carbons (Fsp3) is 0.273. The molecule has 1 aromatic carbocycles. The smallest absolute Gasteiger partial charge is 0.138 e. The van der Waals surface area contributed by atoms with E-state index in [0.717, 1.165) is 10.6 Å². The van der Waals surface area contributed by atoms with Gasteiger partial charge in [-0.25, -0.2) is 0 Å². The molecule has 0 aliphatic rings. The second-order valence-electron chi connectivity index (χ2n) is 3.15. The number of hydrogen-bond acceptors (Lipinski definition) is 3. The Labute approximate surface area is 93.1 Å². The lowest BCUT2D eigenvalue weighted by Gasteiger charge is -2.04.